The molecule has 2 atom stereocenters. The van der Waals surface area contributed by atoms with Gasteiger partial charge < -0.3 is 14.6 Å². The zero-order valence-electron chi connectivity index (χ0n) is 12.4. The molecule has 1 aromatic carbocycles. The molecule has 1 aliphatic rings. The summed E-state index contributed by atoms with van der Waals surface area (Å²) in [7, 11) is 0. The molecule has 5 nitrogen and oxygen atoms in total. The monoisotopic (exact) mass is 293 g/mol. The zero-order chi connectivity index (χ0) is 15.1. The molecule has 1 heterocycles. The van der Waals surface area contributed by atoms with Crippen molar-refractivity contribution in [1.29, 1.82) is 0 Å². The molecular formula is C16H23NO4. The molecule has 1 N–H and O–H groups in total. The Morgan fingerprint density at radius 1 is 1.38 bits per heavy atom. The van der Waals surface area contributed by atoms with E-state index in [2.05, 4.69) is 11.8 Å². The third-order valence-corrected chi connectivity index (χ3v) is 3.84. The van der Waals surface area contributed by atoms with E-state index < -0.39 is 11.9 Å². The standard InChI is InChI=1S/C16H23NO4/c1-2-17(15-12-20-11-14(15)16(18)19)9-6-10-21-13-7-4-3-5-8-13/h3-5,7-8,14-15H,2,6,9-12H2,1H3,(H,18,19). The van der Waals surface area contributed by atoms with Gasteiger partial charge in [0.05, 0.1) is 25.7 Å². The molecule has 0 amide bonds. The van der Waals surface area contributed by atoms with Crippen molar-refractivity contribution in [3.8, 4) is 5.75 Å². The smallest absolute Gasteiger partial charge is 0.310 e. The maximum absolute atomic E-state index is 11.2. The van der Waals surface area contributed by atoms with Gasteiger partial charge in [-0.25, -0.2) is 0 Å². The van der Waals surface area contributed by atoms with E-state index in [1.54, 1.807) is 0 Å². The normalized spacial score (nSPS) is 21.6. The second-order valence-electron chi connectivity index (χ2n) is 5.19. The third-order valence-electron chi connectivity index (χ3n) is 3.84. The minimum atomic E-state index is -0.767. The second-order valence-corrected chi connectivity index (χ2v) is 5.19. The predicted octanol–water partition coefficient (Wildman–Crippen LogP) is 1.88. The molecular weight excluding hydrogens is 270 g/mol. The first kappa shape index (κ1) is 15.8. The van der Waals surface area contributed by atoms with Crippen LogP contribution >= 0.6 is 0 Å². The van der Waals surface area contributed by atoms with Crippen molar-refractivity contribution < 1.29 is 19.4 Å². The highest BCUT2D eigenvalue weighted by Crippen LogP contribution is 2.20. The summed E-state index contributed by atoms with van der Waals surface area (Å²) in [6, 6.07) is 9.69. The molecule has 0 aliphatic carbocycles. The Bertz CT molecular complexity index is 437. The lowest BCUT2D eigenvalue weighted by Crippen LogP contribution is -2.43. The van der Waals surface area contributed by atoms with Crippen molar-refractivity contribution in [3.05, 3.63) is 30.3 Å². The molecule has 0 bridgehead atoms. The lowest BCUT2D eigenvalue weighted by molar-refractivity contribution is -0.143. The number of hydrogen-bond donors (Lipinski definition) is 1. The van der Waals surface area contributed by atoms with E-state index >= 15 is 0 Å². The van der Waals surface area contributed by atoms with Crippen LogP contribution in [0.15, 0.2) is 30.3 Å². The summed E-state index contributed by atoms with van der Waals surface area (Å²) < 4.78 is 11.0. The SMILES string of the molecule is CCN(CCCOc1ccccc1)C1COCC1C(=O)O. The van der Waals surface area contributed by atoms with Gasteiger partial charge >= 0.3 is 5.97 Å². The highest BCUT2D eigenvalue weighted by atomic mass is 16.5. The fourth-order valence-electron chi connectivity index (χ4n) is 2.67. The summed E-state index contributed by atoms with van der Waals surface area (Å²) in [5.41, 5.74) is 0. The summed E-state index contributed by atoms with van der Waals surface area (Å²) >= 11 is 0. The van der Waals surface area contributed by atoms with Crippen LogP contribution in [-0.2, 0) is 9.53 Å². The minimum Gasteiger partial charge on any atom is -0.494 e. The highest BCUT2D eigenvalue weighted by Gasteiger charge is 2.37. The molecule has 1 fully saturated rings. The first-order valence-electron chi connectivity index (χ1n) is 7.44. The summed E-state index contributed by atoms with van der Waals surface area (Å²) in [6.07, 6.45) is 0.867. The van der Waals surface area contributed by atoms with Crippen LogP contribution in [0.4, 0.5) is 0 Å². The van der Waals surface area contributed by atoms with Gasteiger partial charge in [-0.1, -0.05) is 25.1 Å². The number of ether oxygens (including phenoxy) is 2. The first-order valence-corrected chi connectivity index (χ1v) is 7.44. The van der Waals surface area contributed by atoms with Crippen LogP contribution in [0.3, 0.4) is 0 Å². The number of aliphatic carboxylic acids is 1. The van der Waals surface area contributed by atoms with Gasteiger partial charge in [0.15, 0.2) is 0 Å². The van der Waals surface area contributed by atoms with E-state index in [0.717, 1.165) is 25.3 Å². The molecule has 0 radical (unpaired) electrons. The van der Waals surface area contributed by atoms with Gasteiger partial charge in [-0.15, -0.1) is 0 Å². The van der Waals surface area contributed by atoms with Crippen LogP contribution in [0, 0.1) is 5.92 Å². The highest BCUT2D eigenvalue weighted by molar-refractivity contribution is 5.71. The molecule has 5 heteroatoms. The number of rotatable bonds is 8. The summed E-state index contributed by atoms with van der Waals surface area (Å²) in [4.78, 5) is 13.4. The van der Waals surface area contributed by atoms with Crippen molar-refractivity contribution in [2.75, 3.05) is 32.9 Å². The number of benzene rings is 1. The molecule has 0 aromatic heterocycles. The fourth-order valence-corrected chi connectivity index (χ4v) is 2.67. The molecule has 1 aliphatic heterocycles. The van der Waals surface area contributed by atoms with E-state index in [1.807, 2.05) is 30.3 Å². The van der Waals surface area contributed by atoms with Gasteiger partial charge in [-0.05, 0) is 25.1 Å². The Balaban J connectivity index is 1.76. The third kappa shape index (κ3) is 4.44. The molecule has 116 valence electrons. The van der Waals surface area contributed by atoms with Gasteiger partial charge in [0.2, 0.25) is 0 Å². The van der Waals surface area contributed by atoms with Gasteiger partial charge in [-0.2, -0.15) is 0 Å². The number of likely N-dealkylation sites (N-methyl/N-ethyl adjacent to an activating group) is 1. The van der Waals surface area contributed by atoms with Crippen molar-refractivity contribution in [2.24, 2.45) is 5.92 Å². The quantitative estimate of drug-likeness (QED) is 0.742. The second kappa shape index (κ2) is 8.00. The lowest BCUT2D eigenvalue weighted by Gasteiger charge is -2.29. The average molecular weight is 293 g/mol. The van der Waals surface area contributed by atoms with Gasteiger partial charge in [0.25, 0.3) is 0 Å². The maximum Gasteiger partial charge on any atom is 0.310 e. The number of carbonyl (C=O) groups is 1. The average Bonchev–Trinajstić information content (AvgIpc) is 2.98. The molecule has 21 heavy (non-hydrogen) atoms. The number of carboxylic acids is 1. The van der Waals surface area contributed by atoms with Crippen LogP contribution in [-0.4, -0.2) is 54.9 Å². The maximum atomic E-state index is 11.2. The summed E-state index contributed by atoms with van der Waals surface area (Å²) in [5.74, 6) is -0.315. The predicted molar refractivity (Wildman–Crippen MR) is 79.5 cm³/mol. The Kier molecular flexibility index (Phi) is 6.02. The Labute approximate surface area is 125 Å². The Morgan fingerprint density at radius 3 is 2.81 bits per heavy atom. The Morgan fingerprint density at radius 2 is 2.14 bits per heavy atom. The van der Waals surface area contributed by atoms with E-state index in [9.17, 15) is 9.90 Å². The van der Waals surface area contributed by atoms with Gasteiger partial charge in [0.1, 0.15) is 5.75 Å². The van der Waals surface area contributed by atoms with Crippen molar-refractivity contribution in [3.63, 3.8) is 0 Å². The number of para-hydroxylation sites is 1. The van der Waals surface area contributed by atoms with Crippen LogP contribution in [0.25, 0.3) is 0 Å². The van der Waals surface area contributed by atoms with E-state index in [1.165, 1.54) is 0 Å². The first-order chi connectivity index (χ1) is 10.2. The number of hydrogen-bond acceptors (Lipinski definition) is 4. The molecule has 1 saturated heterocycles. The Hall–Kier alpha value is -1.59. The number of carboxylic acid groups (broad SMARTS) is 1. The number of nitrogens with zero attached hydrogens (tertiary/aromatic N) is 1. The van der Waals surface area contributed by atoms with Crippen LogP contribution in [0.2, 0.25) is 0 Å². The van der Waals surface area contributed by atoms with Crippen molar-refractivity contribution >= 4 is 5.97 Å². The molecule has 0 spiro atoms. The largest absolute Gasteiger partial charge is 0.494 e. The molecule has 2 rings (SSSR count). The van der Waals surface area contributed by atoms with E-state index in [0.29, 0.717) is 19.8 Å². The van der Waals surface area contributed by atoms with Gasteiger partial charge in [-0.3, -0.25) is 9.69 Å². The topological polar surface area (TPSA) is 59.0 Å². The summed E-state index contributed by atoms with van der Waals surface area (Å²) in [6.45, 7) is 5.15. The zero-order valence-corrected chi connectivity index (χ0v) is 12.4. The van der Waals surface area contributed by atoms with Crippen LogP contribution < -0.4 is 4.74 Å². The van der Waals surface area contributed by atoms with Gasteiger partial charge in [0, 0.05) is 12.6 Å². The minimum absolute atomic E-state index is 0.0239. The van der Waals surface area contributed by atoms with Crippen LogP contribution in [0.1, 0.15) is 13.3 Å². The molecule has 0 saturated carbocycles. The molecule has 1 aromatic rings. The van der Waals surface area contributed by atoms with Crippen LogP contribution in [0.5, 0.6) is 5.75 Å². The van der Waals surface area contributed by atoms with Crippen molar-refractivity contribution in [1.82, 2.24) is 4.90 Å². The van der Waals surface area contributed by atoms with Crippen molar-refractivity contribution in [2.45, 2.75) is 19.4 Å². The summed E-state index contributed by atoms with van der Waals surface area (Å²) in [5, 5.41) is 9.22. The fraction of sp³-hybridized carbons (Fsp3) is 0.562. The van der Waals surface area contributed by atoms with E-state index in [-0.39, 0.29) is 6.04 Å². The lowest BCUT2D eigenvalue weighted by atomic mass is 10.0. The van der Waals surface area contributed by atoms with E-state index in [4.69, 9.17) is 9.47 Å². The molecule has 2 unspecified atom stereocenters.